The van der Waals surface area contributed by atoms with Crippen molar-refractivity contribution in [2.45, 2.75) is 27.2 Å². The zero-order valence-electron chi connectivity index (χ0n) is 13.9. The van der Waals surface area contributed by atoms with E-state index in [0.29, 0.717) is 5.92 Å². The van der Waals surface area contributed by atoms with Crippen LogP contribution in [0.15, 0.2) is 84.1 Å². The van der Waals surface area contributed by atoms with Crippen LogP contribution >= 0.6 is 0 Å². The molecule has 0 N–H and O–H groups in total. The fourth-order valence-electron chi connectivity index (χ4n) is 2.70. The van der Waals surface area contributed by atoms with Crippen molar-refractivity contribution in [3.8, 4) is 0 Å². The molecule has 0 aliphatic carbocycles. The molecule has 0 spiro atoms. The maximum absolute atomic E-state index is 2.36. The molecule has 0 saturated carbocycles. The fraction of sp³-hybridized carbons (Fsp3) is 0.238. The Balaban J connectivity index is 2.38. The lowest BCUT2D eigenvalue weighted by molar-refractivity contribution is 0.664. The van der Waals surface area contributed by atoms with Crippen molar-refractivity contribution in [1.82, 2.24) is 0 Å². The number of allylic oxidation sites excluding steroid dienone is 4. The van der Waals surface area contributed by atoms with Gasteiger partial charge in [-0.05, 0) is 19.3 Å². The lowest BCUT2D eigenvalue weighted by atomic mass is 10.1. The van der Waals surface area contributed by atoms with E-state index in [-0.39, 0.29) is 0 Å². The van der Waals surface area contributed by atoms with E-state index < -0.39 is 8.80 Å². The summed E-state index contributed by atoms with van der Waals surface area (Å²) in [6.07, 6.45) is 8.14. The summed E-state index contributed by atoms with van der Waals surface area (Å²) >= 11 is 0. The van der Waals surface area contributed by atoms with Crippen LogP contribution in [-0.4, -0.2) is 8.80 Å². The minimum atomic E-state index is -1.35. The van der Waals surface area contributed by atoms with Crippen LogP contribution in [0.25, 0.3) is 0 Å². The van der Waals surface area contributed by atoms with Crippen LogP contribution in [0.2, 0.25) is 0 Å². The van der Waals surface area contributed by atoms with E-state index in [1.165, 1.54) is 15.6 Å². The van der Waals surface area contributed by atoms with Gasteiger partial charge in [-0.1, -0.05) is 108 Å². The molecule has 2 aromatic rings. The number of rotatable bonds is 6. The summed E-state index contributed by atoms with van der Waals surface area (Å²) in [5.74, 6) is 0.711. The molecular weight excluding hydrogens is 280 g/mol. The predicted octanol–water partition coefficient (Wildman–Crippen LogP) is 4.12. The number of hydrogen-bond acceptors (Lipinski definition) is 0. The summed E-state index contributed by atoms with van der Waals surface area (Å²) in [6, 6.07) is 22.0. The molecule has 0 unspecified atom stereocenters. The van der Waals surface area contributed by atoms with Gasteiger partial charge in [0, 0.05) is 0 Å². The van der Waals surface area contributed by atoms with Gasteiger partial charge in [-0.2, -0.15) is 0 Å². The molecule has 0 nitrogen and oxygen atoms in total. The van der Waals surface area contributed by atoms with Crippen molar-refractivity contribution in [2.75, 3.05) is 0 Å². The molecule has 2 rings (SSSR count). The summed E-state index contributed by atoms with van der Waals surface area (Å²) < 4.78 is 0. The Morgan fingerprint density at radius 2 is 1.41 bits per heavy atom. The van der Waals surface area contributed by atoms with Gasteiger partial charge in [0.05, 0.1) is 0 Å². The Kier molecular flexibility index (Phi) is 6.41. The van der Waals surface area contributed by atoms with E-state index in [2.05, 4.69) is 99.7 Å². The third-order valence-electron chi connectivity index (χ3n) is 3.85. The first-order valence-electron chi connectivity index (χ1n) is 8.15. The molecule has 22 heavy (non-hydrogen) atoms. The summed E-state index contributed by atoms with van der Waals surface area (Å²) in [6.45, 7) is 6.70. The van der Waals surface area contributed by atoms with Crippen molar-refractivity contribution >= 4 is 19.2 Å². The Hall–Kier alpha value is -1.86. The minimum absolute atomic E-state index is 0.711. The minimum Gasteiger partial charge on any atom is -0.0879 e. The summed E-state index contributed by atoms with van der Waals surface area (Å²) in [7, 11) is -1.35. The maximum Gasteiger partial charge on any atom is 0.132 e. The first-order valence-corrected chi connectivity index (χ1v) is 9.88. The van der Waals surface area contributed by atoms with Gasteiger partial charge in [0.2, 0.25) is 0 Å². The van der Waals surface area contributed by atoms with Gasteiger partial charge < -0.3 is 0 Å². The van der Waals surface area contributed by atoms with E-state index in [1.807, 2.05) is 0 Å². The van der Waals surface area contributed by atoms with Crippen LogP contribution in [0, 0.1) is 5.92 Å². The molecule has 0 saturated heterocycles. The van der Waals surface area contributed by atoms with Crippen LogP contribution < -0.4 is 10.4 Å². The van der Waals surface area contributed by atoms with Crippen LogP contribution in [0.3, 0.4) is 0 Å². The van der Waals surface area contributed by atoms with Crippen molar-refractivity contribution in [3.63, 3.8) is 0 Å². The second kappa shape index (κ2) is 8.55. The normalized spacial score (nSPS) is 12.5. The number of hydrogen-bond donors (Lipinski definition) is 0. The molecule has 0 atom stereocenters. The average Bonchev–Trinajstić information content (AvgIpc) is 2.55. The quantitative estimate of drug-likeness (QED) is 0.556. The number of benzene rings is 2. The molecule has 0 amide bonds. The summed E-state index contributed by atoms with van der Waals surface area (Å²) in [4.78, 5) is 0. The lowest BCUT2D eigenvalue weighted by Crippen LogP contribution is -2.43. The summed E-state index contributed by atoms with van der Waals surface area (Å²) in [5, 5.41) is 4.46. The van der Waals surface area contributed by atoms with Crippen molar-refractivity contribution in [3.05, 3.63) is 84.1 Å². The first kappa shape index (κ1) is 16.5. The molecule has 0 aliphatic heterocycles. The van der Waals surface area contributed by atoms with Gasteiger partial charge >= 0.3 is 0 Å². The molecule has 0 heterocycles. The monoisotopic (exact) mass is 306 g/mol. The third kappa shape index (κ3) is 4.57. The first-order chi connectivity index (χ1) is 10.7. The SMILES string of the molecule is C/C=C(\C=C/CC(C)C)[SiH](c1ccccc1)c1ccccc1. The second-order valence-corrected chi connectivity index (χ2v) is 8.94. The lowest BCUT2D eigenvalue weighted by Gasteiger charge is -2.18. The molecule has 2 aromatic carbocycles. The Bertz CT molecular complexity index is 569. The molecular formula is C21H26Si. The highest BCUT2D eigenvalue weighted by Crippen LogP contribution is 2.08. The van der Waals surface area contributed by atoms with Gasteiger partial charge in [-0.15, -0.1) is 0 Å². The van der Waals surface area contributed by atoms with Gasteiger partial charge in [-0.3, -0.25) is 0 Å². The topological polar surface area (TPSA) is 0 Å². The predicted molar refractivity (Wildman–Crippen MR) is 102 cm³/mol. The van der Waals surface area contributed by atoms with Crippen LogP contribution in [0.1, 0.15) is 27.2 Å². The average molecular weight is 307 g/mol. The molecule has 0 radical (unpaired) electrons. The van der Waals surface area contributed by atoms with Gasteiger partial charge in [0.25, 0.3) is 0 Å². The van der Waals surface area contributed by atoms with Crippen molar-refractivity contribution in [2.24, 2.45) is 5.92 Å². The van der Waals surface area contributed by atoms with Crippen molar-refractivity contribution < 1.29 is 0 Å². The van der Waals surface area contributed by atoms with Crippen LogP contribution in [0.5, 0.6) is 0 Å². The van der Waals surface area contributed by atoms with Crippen LogP contribution in [0.4, 0.5) is 0 Å². The molecule has 0 fully saturated rings. The highest BCUT2D eigenvalue weighted by Gasteiger charge is 2.18. The van der Waals surface area contributed by atoms with Gasteiger partial charge in [0.1, 0.15) is 8.80 Å². The Morgan fingerprint density at radius 3 is 1.82 bits per heavy atom. The largest absolute Gasteiger partial charge is 0.132 e. The third-order valence-corrected chi connectivity index (χ3v) is 7.15. The highest BCUT2D eigenvalue weighted by atomic mass is 28.3. The molecule has 0 aliphatic rings. The fourth-order valence-corrected chi connectivity index (χ4v) is 5.73. The van der Waals surface area contributed by atoms with E-state index in [9.17, 15) is 0 Å². The zero-order chi connectivity index (χ0) is 15.8. The van der Waals surface area contributed by atoms with Crippen LogP contribution in [-0.2, 0) is 0 Å². The van der Waals surface area contributed by atoms with E-state index in [4.69, 9.17) is 0 Å². The molecule has 0 aromatic heterocycles. The molecule has 0 bridgehead atoms. The Labute approximate surface area is 136 Å². The summed E-state index contributed by atoms with van der Waals surface area (Å²) in [5.41, 5.74) is 0. The van der Waals surface area contributed by atoms with E-state index in [0.717, 1.165) is 6.42 Å². The smallest absolute Gasteiger partial charge is 0.0879 e. The van der Waals surface area contributed by atoms with Gasteiger partial charge in [0.15, 0.2) is 0 Å². The van der Waals surface area contributed by atoms with Crippen molar-refractivity contribution in [1.29, 1.82) is 0 Å². The van der Waals surface area contributed by atoms with Gasteiger partial charge in [-0.25, -0.2) is 0 Å². The second-order valence-electron chi connectivity index (χ2n) is 6.07. The Morgan fingerprint density at radius 1 is 0.909 bits per heavy atom. The maximum atomic E-state index is 2.36. The standard InChI is InChI=1S/C21H26Si/c1-4-19(17-11-12-18(2)3)22(20-13-7-5-8-14-20)21-15-9-6-10-16-21/h4-11,13-18,22H,12H2,1-3H3/b17-11-,19-4+. The molecule has 1 heteroatoms. The molecule has 114 valence electrons. The highest BCUT2D eigenvalue weighted by molar-refractivity contribution is 6.91. The van der Waals surface area contributed by atoms with E-state index in [1.54, 1.807) is 0 Å². The zero-order valence-corrected chi connectivity index (χ0v) is 15.0. The van der Waals surface area contributed by atoms with E-state index >= 15 is 0 Å².